The van der Waals surface area contributed by atoms with Gasteiger partial charge in [0.2, 0.25) is 0 Å². The van der Waals surface area contributed by atoms with E-state index in [2.05, 4.69) is 0 Å². The Morgan fingerprint density at radius 1 is 1.56 bits per heavy atom. The first-order valence-corrected chi connectivity index (χ1v) is 8.64. The molecule has 18 heavy (non-hydrogen) atoms. The third-order valence-electron chi connectivity index (χ3n) is 2.34. The molecule has 0 spiro atoms. The molecule has 0 fully saturated rings. The van der Waals surface area contributed by atoms with Crippen LogP contribution >= 0.6 is 22.0 Å². The Bertz CT molecular complexity index is 533. The summed E-state index contributed by atoms with van der Waals surface area (Å²) in [5, 5.41) is 0. The summed E-state index contributed by atoms with van der Waals surface area (Å²) >= 11 is 1.07. The van der Waals surface area contributed by atoms with Crippen LogP contribution < -0.4 is 0 Å². The molecule has 0 N–H and O–H groups in total. The first-order chi connectivity index (χ1) is 8.25. The van der Waals surface area contributed by atoms with E-state index in [0.29, 0.717) is 4.88 Å². The minimum absolute atomic E-state index is 0.0238. The van der Waals surface area contributed by atoms with Gasteiger partial charge in [0.1, 0.15) is 4.88 Å². The van der Waals surface area contributed by atoms with Crippen LogP contribution in [0.4, 0.5) is 0 Å². The Kier molecular flexibility index (Phi) is 5.19. The molecule has 102 valence electrons. The maximum Gasteiger partial charge on any atom is 0.348 e. The van der Waals surface area contributed by atoms with Crippen molar-refractivity contribution >= 4 is 37.0 Å². The van der Waals surface area contributed by atoms with Crippen LogP contribution in [-0.2, 0) is 13.8 Å². The van der Waals surface area contributed by atoms with Crippen molar-refractivity contribution in [2.24, 2.45) is 0 Å². The zero-order chi connectivity index (χ0) is 13.9. The zero-order valence-corrected chi connectivity index (χ0v) is 12.8. The molecule has 0 saturated carbocycles. The highest BCUT2D eigenvalue weighted by atomic mass is 35.7. The Labute approximate surface area is 115 Å². The normalized spacial score (nSPS) is 13.3. The molecule has 7 heteroatoms. The molecule has 0 aromatic carbocycles. The number of hydrogen-bond donors (Lipinski definition) is 0. The van der Waals surface area contributed by atoms with Crippen molar-refractivity contribution in [3.05, 3.63) is 15.8 Å². The van der Waals surface area contributed by atoms with E-state index >= 15 is 0 Å². The Morgan fingerprint density at radius 3 is 2.61 bits per heavy atom. The van der Waals surface area contributed by atoms with Crippen molar-refractivity contribution in [3.63, 3.8) is 0 Å². The minimum Gasteiger partial charge on any atom is -0.458 e. The van der Waals surface area contributed by atoms with Gasteiger partial charge in [0.25, 0.3) is 9.05 Å². The number of carbonyl (C=O) groups excluding carboxylic acids is 1. The zero-order valence-electron chi connectivity index (χ0n) is 10.4. The SMILES string of the molecule is CCCC(C)OC(=O)c1cc(S(=O)(=O)Cl)c(C)s1. The second-order valence-electron chi connectivity index (χ2n) is 3.97. The van der Waals surface area contributed by atoms with Crippen LogP contribution in [0.25, 0.3) is 0 Å². The molecule has 0 radical (unpaired) electrons. The highest BCUT2D eigenvalue weighted by Gasteiger charge is 2.21. The fraction of sp³-hybridized carbons (Fsp3) is 0.545. The summed E-state index contributed by atoms with van der Waals surface area (Å²) in [4.78, 5) is 12.5. The smallest absolute Gasteiger partial charge is 0.348 e. The van der Waals surface area contributed by atoms with Gasteiger partial charge < -0.3 is 4.74 Å². The molecule has 0 saturated heterocycles. The van der Waals surface area contributed by atoms with Crippen molar-refractivity contribution in [1.29, 1.82) is 0 Å². The fourth-order valence-corrected chi connectivity index (χ4v) is 4.06. The van der Waals surface area contributed by atoms with E-state index in [4.69, 9.17) is 15.4 Å². The van der Waals surface area contributed by atoms with E-state index in [0.717, 1.165) is 24.2 Å². The average molecular weight is 311 g/mol. The first kappa shape index (κ1) is 15.5. The Balaban J connectivity index is 2.89. The van der Waals surface area contributed by atoms with E-state index < -0.39 is 15.0 Å². The number of thiophene rings is 1. The van der Waals surface area contributed by atoms with Crippen LogP contribution in [0.1, 0.15) is 41.2 Å². The predicted octanol–water partition coefficient (Wildman–Crippen LogP) is 3.33. The number of rotatable bonds is 5. The predicted molar refractivity (Wildman–Crippen MR) is 71.9 cm³/mol. The molecule has 0 amide bonds. The van der Waals surface area contributed by atoms with E-state index in [1.54, 1.807) is 13.8 Å². The van der Waals surface area contributed by atoms with Gasteiger partial charge in [-0.15, -0.1) is 11.3 Å². The summed E-state index contributed by atoms with van der Waals surface area (Å²) in [7, 11) is 1.45. The highest BCUT2D eigenvalue weighted by Crippen LogP contribution is 2.29. The highest BCUT2D eigenvalue weighted by molar-refractivity contribution is 8.13. The van der Waals surface area contributed by atoms with Crippen LogP contribution in [0.15, 0.2) is 11.0 Å². The van der Waals surface area contributed by atoms with Crippen LogP contribution in [-0.4, -0.2) is 20.5 Å². The van der Waals surface area contributed by atoms with Crippen molar-refractivity contribution in [1.82, 2.24) is 0 Å². The van der Waals surface area contributed by atoms with Crippen LogP contribution in [0.3, 0.4) is 0 Å². The molecule has 1 aromatic heterocycles. The van der Waals surface area contributed by atoms with Gasteiger partial charge in [0.15, 0.2) is 0 Å². The van der Waals surface area contributed by atoms with Gasteiger partial charge in [-0.2, -0.15) is 0 Å². The average Bonchev–Trinajstić information content (AvgIpc) is 2.60. The second kappa shape index (κ2) is 6.04. The van der Waals surface area contributed by atoms with Gasteiger partial charge in [-0.3, -0.25) is 0 Å². The van der Waals surface area contributed by atoms with Crippen LogP contribution in [0.5, 0.6) is 0 Å². The van der Waals surface area contributed by atoms with Gasteiger partial charge in [-0.05, 0) is 26.3 Å². The number of hydrogen-bond acceptors (Lipinski definition) is 5. The number of halogens is 1. The summed E-state index contributed by atoms with van der Waals surface area (Å²) in [6.45, 7) is 5.41. The molecule has 0 aliphatic rings. The molecule has 0 aliphatic carbocycles. The summed E-state index contributed by atoms with van der Waals surface area (Å²) in [5.41, 5.74) is 0. The second-order valence-corrected chi connectivity index (χ2v) is 7.76. The van der Waals surface area contributed by atoms with Crippen molar-refractivity contribution < 1.29 is 17.9 Å². The molecular formula is C11H15ClO4S2. The lowest BCUT2D eigenvalue weighted by atomic mass is 10.2. The standard InChI is InChI=1S/C11H15ClO4S2/c1-4-5-7(2)16-11(13)9-6-10(8(3)17-9)18(12,14)15/h6-7H,4-5H2,1-3H3. The Morgan fingerprint density at radius 2 is 2.17 bits per heavy atom. The van der Waals surface area contributed by atoms with Gasteiger partial charge in [0, 0.05) is 15.6 Å². The molecule has 1 aromatic rings. The van der Waals surface area contributed by atoms with Crippen LogP contribution in [0.2, 0.25) is 0 Å². The topological polar surface area (TPSA) is 60.4 Å². The van der Waals surface area contributed by atoms with Crippen molar-refractivity contribution in [2.45, 2.75) is 44.6 Å². The third kappa shape index (κ3) is 3.96. The molecule has 1 heterocycles. The lowest BCUT2D eigenvalue weighted by molar-refractivity contribution is 0.0329. The molecular weight excluding hydrogens is 296 g/mol. The first-order valence-electron chi connectivity index (χ1n) is 5.51. The summed E-state index contributed by atoms with van der Waals surface area (Å²) in [6, 6.07) is 1.27. The Hall–Kier alpha value is -0.590. The van der Waals surface area contributed by atoms with E-state index in [9.17, 15) is 13.2 Å². The lowest BCUT2D eigenvalue weighted by Gasteiger charge is -2.10. The van der Waals surface area contributed by atoms with Crippen molar-refractivity contribution in [2.75, 3.05) is 0 Å². The van der Waals surface area contributed by atoms with Gasteiger partial charge in [-0.25, -0.2) is 13.2 Å². The minimum atomic E-state index is -3.81. The number of ether oxygens (including phenoxy) is 1. The third-order valence-corrected chi connectivity index (χ3v) is 4.95. The number of carbonyl (C=O) groups is 1. The quantitative estimate of drug-likeness (QED) is 0.618. The lowest BCUT2D eigenvalue weighted by Crippen LogP contribution is -2.13. The monoisotopic (exact) mass is 310 g/mol. The summed E-state index contributed by atoms with van der Waals surface area (Å²) < 4.78 is 27.7. The van der Waals surface area contributed by atoms with E-state index in [1.807, 2.05) is 6.92 Å². The van der Waals surface area contributed by atoms with Gasteiger partial charge in [-0.1, -0.05) is 13.3 Å². The fourth-order valence-electron chi connectivity index (χ4n) is 1.51. The molecule has 1 unspecified atom stereocenters. The van der Waals surface area contributed by atoms with E-state index in [-0.39, 0.29) is 15.9 Å². The van der Waals surface area contributed by atoms with E-state index in [1.165, 1.54) is 6.07 Å². The molecule has 0 aliphatic heterocycles. The van der Waals surface area contributed by atoms with Gasteiger partial charge >= 0.3 is 5.97 Å². The number of aryl methyl sites for hydroxylation is 1. The largest absolute Gasteiger partial charge is 0.458 e. The van der Waals surface area contributed by atoms with Crippen LogP contribution in [0, 0.1) is 6.92 Å². The molecule has 1 atom stereocenters. The maximum atomic E-state index is 11.8. The summed E-state index contributed by atoms with van der Waals surface area (Å²) in [6.07, 6.45) is 1.51. The molecule has 0 bridgehead atoms. The molecule has 1 rings (SSSR count). The van der Waals surface area contributed by atoms with Crippen molar-refractivity contribution in [3.8, 4) is 0 Å². The summed E-state index contributed by atoms with van der Waals surface area (Å²) in [5.74, 6) is -0.504. The number of esters is 1. The van der Waals surface area contributed by atoms with Gasteiger partial charge in [0.05, 0.1) is 11.0 Å². The molecule has 4 nitrogen and oxygen atoms in total. The maximum absolute atomic E-state index is 11.8.